The predicted octanol–water partition coefficient (Wildman–Crippen LogP) is 3.31. The number of carboxylic acids is 1. The van der Waals surface area contributed by atoms with E-state index in [-0.39, 0.29) is 36.0 Å². The molecule has 5 rings (SSSR count). The number of fused-ring (bicyclic) bond motifs is 1. The van der Waals surface area contributed by atoms with Crippen LogP contribution in [0.25, 0.3) is 10.9 Å². The van der Waals surface area contributed by atoms with Gasteiger partial charge >= 0.3 is 5.97 Å². The van der Waals surface area contributed by atoms with Gasteiger partial charge in [-0.25, -0.2) is 9.18 Å². The lowest BCUT2D eigenvalue weighted by Crippen LogP contribution is -2.49. The van der Waals surface area contributed by atoms with E-state index in [1.54, 1.807) is 29.8 Å². The van der Waals surface area contributed by atoms with Gasteiger partial charge in [0.05, 0.1) is 44.0 Å². The Kier molecular flexibility index (Phi) is 7.53. The van der Waals surface area contributed by atoms with Crippen molar-refractivity contribution in [2.24, 2.45) is 10.9 Å². The molecule has 11 nitrogen and oxygen atoms in total. The normalized spacial score (nSPS) is 18.2. The topological polar surface area (TPSA) is 138 Å². The minimum Gasteiger partial charge on any atom is -0.493 e. The van der Waals surface area contributed by atoms with Gasteiger partial charge in [0.1, 0.15) is 17.9 Å². The summed E-state index contributed by atoms with van der Waals surface area (Å²) in [4.78, 5) is 32.0. The molecule has 2 aromatic carbocycles. The monoisotopic (exact) mass is 554 g/mol. The number of para-hydroxylation sites is 1. The molecule has 1 unspecified atom stereocenters. The third kappa shape index (κ3) is 4.90. The second-order valence-electron chi connectivity index (χ2n) is 9.76. The number of halogens is 1. The number of rotatable bonds is 9. The van der Waals surface area contributed by atoms with Crippen LogP contribution in [-0.2, 0) is 11.4 Å². The Hall–Kier alpha value is -4.32. The standard InChI is InChI=1S/C28H31FN4O7/c1-37-22-6-4-5-15(26(22)38-2)14-40-31-21-9-10-32(13-20(21)30)24-19(29)11-17-23(27(24)39-3)33(16-7-8-16)12-18(25(17)34)28(35)36/h4-6,11-12,16,20H,7-10,13-14,30H2,1-3H3,(H,35,36)/b31-21-. The van der Waals surface area contributed by atoms with Gasteiger partial charge in [-0.3, -0.25) is 4.79 Å². The molecule has 1 saturated carbocycles. The fraction of sp³-hybridized carbons (Fsp3) is 0.393. The van der Waals surface area contributed by atoms with Gasteiger partial charge < -0.3 is 39.4 Å². The third-order valence-electron chi connectivity index (χ3n) is 7.26. The number of oxime groups is 1. The Morgan fingerprint density at radius 2 is 1.93 bits per heavy atom. The van der Waals surface area contributed by atoms with Crippen molar-refractivity contribution < 1.29 is 33.3 Å². The van der Waals surface area contributed by atoms with Gasteiger partial charge in [0.25, 0.3) is 0 Å². The number of aromatic nitrogens is 1. The molecule has 2 heterocycles. The van der Waals surface area contributed by atoms with Crippen LogP contribution in [0.5, 0.6) is 17.2 Å². The first kappa shape index (κ1) is 27.3. The van der Waals surface area contributed by atoms with Gasteiger partial charge in [-0.15, -0.1) is 0 Å². The van der Waals surface area contributed by atoms with E-state index in [1.165, 1.54) is 13.3 Å². The Bertz CT molecular complexity index is 1550. The molecule has 212 valence electrons. The predicted molar refractivity (Wildman–Crippen MR) is 147 cm³/mol. The van der Waals surface area contributed by atoms with E-state index in [4.69, 9.17) is 24.8 Å². The smallest absolute Gasteiger partial charge is 0.341 e. The van der Waals surface area contributed by atoms with Gasteiger partial charge in [0, 0.05) is 37.3 Å². The number of benzene rings is 2. The van der Waals surface area contributed by atoms with Gasteiger partial charge in [-0.2, -0.15) is 0 Å². The molecule has 1 atom stereocenters. The molecule has 40 heavy (non-hydrogen) atoms. The minimum absolute atomic E-state index is 0.0103. The van der Waals surface area contributed by atoms with Crippen molar-refractivity contribution in [2.75, 3.05) is 39.3 Å². The second-order valence-corrected chi connectivity index (χ2v) is 9.76. The lowest BCUT2D eigenvalue weighted by atomic mass is 10.0. The van der Waals surface area contributed by atoms with E-state index in [0.29, 0.717) is 35.7 Å². The number of nitrogens with two attached hydrogens (primary N) is 1. The zero-order valence-electron chi connectivity index (χ0n) is 22.5. The SMILES string of the molecule is COc1cccc(CO/N=C2/CCN(c3c(F)cc4c(=O)c(C(=O)O)cn(C5CC5)c4c3OC)CC2N)c1OC. The highest BCUT2D eigenvalue weighted by Gasteiger charge is 2.33. The van der Waals surface area contributed by atoms with Crippen LogP contribution in [-0.4, -0.2) is 61.8 Å². The average Bonchev–Trinajstić information content (AvgIpc) is 3.79. The molecule has 0 bridgehead atoms. The first-order valence-electron chi connectivity index (χ1n) is 12.9. The van der Waals surface area contributed by atoms with Crippen LogP contribution in [0.4, 0.5) is 10.1 Å². The van der Waals surface area contributed by atoms with E-state index in [0.717, 1.165) is 24.5 Å². The molecule has 1 aromatic heterocycles. The van der Waals surface area contributed by atoms with Gasteiger partial charge in [-0.1, -0.05) is 17.3 Å². The van der Waals surface area contributed by atoms with Crippen LogP contribution >= 0.6 is 0 Å². The summed E-state index contributed by atoms with van der Waals surface area (Å²) < 4.78 is 33.8. The number of aromatic carboxylic acids is 1. The molecule has 1 saturated heterocycles. The maximum absolute atomic E-state index is 15.6. The Morgan fingerprint density at radius 3 is 2.55 bits per heavy atom. The molecule has 1 aliphatic heterocycles. The Balaban J connectivity index is 1.42. The highest BCUT2D eigenvalue weighted by atomic mass is 19.1. The maximum Gasteiger partial charge on any atom is 0.341 e. The van der Waals surface area contributed by atoms with Crippen molar-refractivity contribution in [1.82, 2.24) is 4.57 Å². The first-order valence-corrected chi connectivity index (χ1v) is 12.9. The van der Waals surface area contributed by atoms with Crippen molar-refractivity contribution in [3.05, 3.63) is 57.6 Å². The Labute approximate surface area is 229 Å². The number of carbonyl (C=O) groups is 1. The molecule has 0 radical (unpaired) electrons. The molecule has 12 heteroatoms. The highest BCUT2D eigenvalue weighted by molar-refractivity contribution is 5.98. The molecule has 2 fully saturated rings. The summed E-state index contributed by atoms with van der Waals surface area (Å²) in [7, 11) is 4.51. The second kappa shape index (κ2) is 11.0. The lowest BCUT2D eigenvalue weighted by Gasteiger charge is -2.34. The van der Waals surface area contributed by atoms with Crippen molar-refractivity contribution in [3.63, 3.8) is 0 Å². The molecular weight excluding hydrogens is 523 g/mol. The van der Waals surface area contributed by atoms with Crippen LogP contribution in [0.15, 0.2) is 40.4 Å². The largest absolute Gasteiger partial charge is 0.493 e. The van der Waals surface area contributed by atoms with Crippen LogP contribution < -0.4 is 30.3 Å². The quantitative estimate of drug-likeness (QED) is 0.382. The van der Waals surface area contributed by atoms with Crippen molar-refractivity contribution >= 4 is 28.3 Å². The summed E-state index contributed by atoms with van der Waals surface area (Å²) in [6, 6.07) is 6.01. The zero-order valence-corrected chi connectivity index (χ0v) is 22.5. The zero-order chi connectivity index (χ0) is 28.6. The number of ether oxygens (including phenoxy) is 3. The molecule has 1 aliphatic carbocycles. The van der Waals surface area contributed by atoms with Crippen molar-refractivity contribution in [2.45, 2.75) is 38.0 Å². The van der Waals surface area contributed by atoms with E-state index in [9.17, 15) is 14.7 Å². The summed E-state index contributed by atoms with van der Waals surface area (Å²) in [5.74, 6) is -0.738. The molecule has 0 spiro atoms. The molecule has 3 N–H and O–H groups in total. The molecule has 3 aromatic rings. The molecule has 2 aliphatic rings. The summed E-state index contributed by atoms with van der Waals surface area (Å²) in [6.07, 6.45) is 3.38. The van der Waals surface area contributed by atoms with Crippen LogP contribution in [0.2, 0.25) is 0 Å². The van der Waals surface area contributed by atoms with Gasteiger partial charge in [-0.05, 0) is 25.0 Å². The van der Waals surface area contributed by atoms with Crippen LogP contribution in [0.1, 0.15) is 41.2 Å². The fourth-order valence-electron chi connectivity index (χ4n) is 5.16. The number of carboxylic acid groups (broad SMARTS) is 1. The summed E-state index contributed by atoms with van der Waals surface area (Å²) in [5.41, 5.74) is 7.20. The summed E-state index contributed by atoms with van der Waals surface area (Å²) >= 11 is 0. The minimum atomic E-state index is -1.36. The van der Waals surface area contributed by atoms with Gasteiger partial charge in [0.15, 0.2) is 23.1 Å². The number of piperidine rings is 1. The Morgan fingerprint density at radius 1 is 1.18 bits per heavy atom. The number of anilines is 1. The van der Waals surface area contributed by atoms with Crippen LogP contribution in [0.3, 0.4) is 0 Å². The van der Waals surface area contributed by atoms with Gasteiger partial charge in [0.2, 0.25) is 5.43 Å². The maximum atomic E-state index is 15.6. The highest BCUT2D eigenvalue weighted by Crippen LogP contribution is 2.44. The lowest BCUT2D eigenvalue weighted by molar-refractivity contribution is 0.0694. The third-order valence-corrected chi connectivity index (χ3v) is 7.26. The van der Waals surface area contributed by atoms with E-state index in [2.05, 4.69) is 5.16 Å². The number of nitrogens with zero attached hydrogens (tertiary/aromatic N) is 3. The number of hydrogen-bond acceptors (Lipinski definition) is 9. The van der Waals surface area contributed by atoms with E-state index < -0.39 is 28.8 Å². The summed E-state index contributed by atoms with van der Waals surface area (Å²) in [5, 5.41) is 13.8. The molecule has 0 amide bonds. The van der Waals surface area contributed by atoms with E-state index >= 15 is 4.39 Å². The molecular formula is C28H31FN4O7. The number of methoxy groups -OCH3 is 3. The average molecular weight is 555 g/mol. The fourth-order valence-corrected chi connectivity index (χ4v) is 5.16. The summed E-state index contributed by atoms with van der Waals surface area (Å²) in [6.45, 7) is 0.743. The van der Waals surface area contributed by atoms with Crippen LogP contribution in [0, 0.1) is 5.82 Å². The number of hydrogen-bond donors (Lipinski definition) is 2. The van der Waals surface area contributed by atoms with Crippen molar-refractivity contribution in [1.29, 1.82) is 0 Å². The number of pyridine rings is 1. The van der Waals surface area contributed by atoms with Crippen molar-refractivity contribution in [3.8, 4) is 17.2 Å². The van der Waals surface area contributed by atoms with E-state index in [1.807, 2.05) is 12.1 Å². The first-order chi connectivity index (χ1) is 19.3.